The maximum absolute atomic E-state index is 11.7. The largest absolute Gasteiger partial charge is 0.480 e. The minimum absolute atomic E-state index is 0.0114. The molecule has 0 spiro atoms. The summed E-state index contributed by atoms with van der Waals surface area (Å²) in [4.78, 5) is 27.1. The molecule has 1 heterocycles. The van der Waals surface area contributed by atoms with Crippen molar-refractivity contribution in [2.75, 3.05) is 26.8 Å². The van der Waals surface area contributed by atoms with Crippen molar-refractivity contribution in [1.82, 2.24) is 20.1 Å². The van der Waals surface area contributed by atoms with Crippen LogP contribution in [-0.2, 0) is 9.53 Å². The lowest BCUT2D eigenvalue weighted by atomic mass is 10.4. The number of aromatic amines is 1. The first-order chi connectivity index (χ1) is 7.65. The molecule has 2 N–H and O–H groups in total. The highest BCUT2D eigenvalue weighted by Gasteiger charge is 2.20. The fourth-order valence-electron chi connectivity index (χ4n) is 1.08. The molecule has 8 nitrogen and oxygen atoms in total. The first-order valence-corrected chi connectivity index (χ1v) is 4.50. The van der Waals surface area contributed by atoms with E-state index >= 15 is 0 Å². The van der Waals surface area contributed by atoms with Gasteiger partial charge in [0, 0.05) is 13.7 Å². The predicted octanol–water partition coefficient (Wildman–Crippen LogP) is -1.02. The topological polar surface area (TPSA) is 108 Å². The lowest BCUT2D eigenvalue weighted by molar-refractivity contribution is -0.137. The molecule has 0 aliphatic heterocycles. The van der Waals surface area contributed by atoms with E-state index in [1.165, 1.54) is 13.4 Å². The summed E-state index contributed by atoms with van der Waals surface area (Å²) in [5.41, 5.74) is 0. The highest BCUT2D eigenvalue weighted by atomic mass is 16.5. The minimum atomic E-state index is -1.09. The first kappa shape index (κ1) is 12.1. The van der Waals surface area contributed by atoms with E-state index in [0.717, 1.165) is 4.90 Å². The van der Waals surface area contributed by atoms with E-state index in [2.05, 4.69) is 15.2 Å². The Morgan fingerprint density at radius 3 is 2.88 bits per heavy atom. The van der Waals surface area contributed by atoms with Gasteiger partial charge in [0.2, 0.25) is 5.82 Å². The average molecular weight is 228 g/mol. The van der Waals surface area contributed by atoms with Crippen molar-refractivity contribution in [3.8, 4) is 0 Å². The average Bonchev–Trinajstić information content (AvgIpc) is 2.76. The van der Waals surface area contributed by atoms with E-state index in [-0.39, 0.29) is 19.0 Å². The van der Waals surface area contributed by atoms with Gasteiger partial charge in [0.05, 0.1) is 6.61 Å². The number of nitrogens with zero attached hydrogens (tertiary/aromatic N) is 3. The summed E-state index contributed by atoms with van der Waals surface area (Å²) in [6.07, 6.45) is 1.18. The normalized spacial score (nSPS) is 10.1. The molecule has 0 fully saturated rings. The monoisotopic (exact) mass is 228 g/mol. The van der Waals surface area contributed by atoms with Gasteiger partial charge >= 0.3 is 5.97 Å². The number of carbonyl (C=O) groups is 2. The molecule has 0 aliphatic carbocycles. The number of hydrogen-bond donors (Lipinski definition) is 2. The summed E-state index contributed by atoms with van der Waals surface area (Å²) in [5, 5.41) is 14.6. The van der Waals surface area contributed by atoms with Gasteiger partial charge in [0.15, 0.2) is 0 Å². The Morgan fingerprint density at radius 1 is 1.62 bits per heavy atom. The van der Waals surface area contributed by atoms with Crippen molar-refractivity contribution in [3.05, 3.63) is 12.2 Å². The number of aromatic nitrogens is 3. The number of carboxylic acid groups (broad SMARTS) is 1. The molecule has 0 bridgehead atoms. The number of rotatable bonds is 6. The van der Waals surface area contributed by atoms with E-state index in [1.54, 1.807) is 0 Å². The van der Waals surface area contributed by atoms with Crippen molar-refractivity contribution in [1.29, 1.82) is 0 Å². The number of amides is 1. The zero-order chi connectivity index (χ0) is 12.0. The van der Waals surface area contributed by atoms with Gasteiger partial charge in [0.1, 0.15) is 12.9 Å². The molecule has 0 saturated carbocycles. The molecule has 8 heteroatoms. The van der Waals surface area contributed by atoms with E-state index < -0.39 is 18.4 Å². The third-order valence-corrected chi connectivity index (χ3v) is 1.80. The minimum Gasteiger partial charge on any atom is -0.480 e. The van der Waals surface area contributed by atoms with Gasteiger partial charge < -0.3 is 14.7 Å². The summed E-state index contributed by atoms with van der Waals surface area (Å²) >= 11 is 0. The first-order valence-electron chi connectivity index (χ1n) is 4.50. The van der Waals surface area contributed by atoms with Gasteiger partial charge in [-0.05, 0) is 0 Å². The van der Waals surface area contributed by atoms with Crippen LogP contribution in [0, 0.1) is 0 Å². The van der Waals surface area contributed by atoms with E-state index in [4.69, 9.17) is 9.84 Å². The molecule has 88 valence electrons. The third-order valence-electron chi connectivity index (χ3n) is 1.80. The smallest absolute Gasteiger partial charge is 0.323 e. The molecular weight excluding hydrogens is 216 g/mol. The van der Waals surface area contributed by atoms with Gasteiger partial charge in [-0.1, -0.05) is 0 Å². The van der Waals surface area contributed by atoms with Crippen molar-refractivity contribution in [2.24, 2.45) is 0 Å². The van der Waals surface area contributed by atoms with Crippen LogP contribution in [0.2, 0.25) is 0 Å². The SMILES string of the molecule is COCCN(CC(=O)O)C(=O)c1ncn[nH]1. The fraction of sp³-hybridized carbons (Fsp3) is 0.500. The number of H-pyrrole nitrogens is 1. The van der Waals surface area contributed by atoms with E-state index in [0.29, 0.717) is 0 Å². The number of methoxy groups -OCH3 is 1. The molecule has 0 radical (unpaired) electrons. The fourth-order valence-corrected chi connectivity index (χ4v) is 1.08. The maximum atomic E-state index is 11.7. The van der Waals surface area contributed by atoms with Crippen LogP contribution in [0.15, 0.2) is 6.33 Å². The van der Waals surface area contributed by atoms with Crippen LogP contribution in [0.5, 0.6) is 0 Å². The van der Waals surface area contributed by atoms with Crippen LogP contribution < -0.4 is 0 Å². The van der Waals surface area contributed by atoms with Crippen LogP contribution in [0.3, 0.4) is 0 Å². The molecule has 16 heavy (non-hydrogen) atoms. The van der Waals surface area contributed by atoms with Crippen molar-refractivity contribution < 1.29 is 19.4 Å². The lowest BCUT2D eigenvalue weighted by Crippen LogP contribution is -2.38. The van der Waals surface area contributed by atoms with Gasteiger partial charge in [-0.2, -0.15) is 5.10 Å². The van der Waals surface area contributed by atoms with Gasteiger partial charge in [-0.25, -0.2) is 4.98 Å². The summed E-state index contributed by atoms with van der Waals surface area (Å²) in [5.74, 6) is -1.60. The number of ether oxygens (including phenoxy) is 1. The Bertz CT molecular complexity index is 351. The summed E-state index contributed by atoms with van der Waals surface area (Å²) in [6.45, 7) is 0.0401. The second-order valence-corrected chi connectivity index (χ2v) is 2.95. The van der Waals surface area contributed by atoms with E-state index in [9.17, 15) is 9.59 Å². The second kappa shape index (κ2) is 5.81. The molecule has 1 aromatic heterocycles. The Morgan fingerprint density at radius 2 is 2.38 bits per heavy atom. The zero-order valence-corrected chi connectivity index (χ0v) is 8.71. The third kappa shape index (κ3) is 3.31. The van der Waals surface area contributed by atoms with Crippen LogP contribution in [-0.4, -0.2) is 63.9 Å². The van der Waals surface area contributed by atoms with E-state index in [1.807, 2.05) is 0 Å². The highest BCUT2D eigenvalue weighted by Crippen LogP contribution is 1.97. The number of aliphatic carboxylic acids is 1. The van der Waals surface area contributed by atoms with Crippen LogP contribution in [0.1, 0.15) is 10.6 Å². The van der Waals surface area contributed by atoms with Gasteiger partial charge in [-0.15, -0.1) is 0 Å². The predicted molar refractivity (Wildman–Crippen MR) is 51.8 cm³/mol. The second-order valence-electron chi connectivity index (χ2n) is 2.95. The van der Waals surface area contributed by atoms with Gasteiger partial charge in [0.25, 0.3) is 5.91 Å². The van der Waals surface area contributed by atoms with Crippen molar-refractivity contribution in [2.45, 2.75) is 0 Å². The number of carbonyl (C=O) groups excluding carboxylic acids is 1. The molecule has 1 rings (SSSR count). The van der Waals surface area contributed by atoms with Crippen LogP contribution in [0.25, 0.3) is 0 Å². The highest BCUT2D eigenvalue weighted by molar-refractivity contribution is 5.92. The Labute approximate surface area is 91.2 Å². The lowest BCUT2D eigenvalue weighted by Gasteiger charge is -2.18. The zero-order valence-electron chi connectivity index (χ0n) is 8.71. The number of nitrogens with one attached hydrogen (secondary N) is 1. The summed E-state index contributed by atoms with van der Waals surface area (Å²) < 4.78 is 4.79. The van der Waals surface area contributed by atoms with Gasteiger partial charge in [-0.3, -0.25) is 14.7 Å². The summed E-state index contributed by atoms with van der Waals surface area (Å²) in [6, 6.07) is 0. The van der Waals surface area contributed by atoms with Crippen molar-refractivity contribution in [3.63, 3.8) is 0 Å². The van der Waals surface area contributed by atoms with Crippen LogP contribution >= 0.6 is 0 Å². The molecule has 0 atom stereocenters. The molecule has 0 unspecified atom stereocenters. The quantitative estimate of drug-likeness (QED) is 0.645. The summed E-state index contributed by atoms with van der Waals surface area (Å²) in [7, 11) is 1.47. The molecule has 0 aromatic carbocycles. The molecule has 1 aromatic rings. The molecule has 0 aliphatic rings. The Hall–Kier alpha value is -1.96. The Balaban J connectivity index is 2.67. The molecule has 0 saturated heterocycles. The molecular formula is C8H12N4O4. The molecule has 1 amide bonds. The standard InChI is InChI=1S/C8H12N4O4/c1-16-3-2-12(4-6(13)14)8(15)7-9-5-10-11-7/h5H,2-4H2,1H3,(H,13,14)(H,9,10,11). The Kier molecular flexibility index (Phi) is 4.40. The number of hydrogen-bond acceptors (Lipinski definition) is 5. The van der Waals surface area contributed by atoms with Crippen LogP contribution in [0.4, 0.5) is 0 Å². The van der Waals surface area contributed by atoms with Crippen molar-refractivity contribution >= 4 is 11.9 Å². The maximum Gasteiger partial charge on any atom is 0.323 e. The number of carboxylic acids is 1.